The first-order valence-electron chi connectivity index (χ1n) is 4.95. The van der Waals surface area contributed by atoms with E-state index in [1.807, 2.05) is 0 Å². The summed E-state index contributed by atoms with van der Waals surface area (Å²) >= 11 is 0. The van der Waals surface area contributed by atoms with Crippen LogP contribution in [0, 0.1) is 0 Å². The van der Waals surface area contributed by atoms with Crippen molar-refractivity contribution in [3.63, 3.8) is 0 Å². The third-order valence-electron chi connectivity index (χ3n) is 2.16. The summed E-state index contributed by atoms with van der Waals surface area (Å²) in [5.41, 5.74) is -0.855. The molecule has 0 aromatic carbocycles. The molecule has 0 aliphatic heterocycles. The number of hydrogen-bond acceptors (Lipinski definition) is 2. The number of hydrogen-bond donors (Lipinski definition) is 2. The SMILES string of the molecule is CCCCCCCC(C)(O)CO. The molecular formula is C10H22O2. The van der Waals surface area contributed by atoms with E-state index in [1.165, 1.54) is 25.7 Å². The lowest BCUT2D eigenvalue weighted by Gasteiger charge is -2.19. The summed E-state index contributed by atoms with van der Waals surface area (Å²) in [6.45, 7) is 3.75. The van der Waals surface area contributed by atoms with Crippen LogP contribution in [0.25, 0.3) is 0 Å². The minimum Gasteiger partial charge on any atom is -0.393 e. The van der Waals surface area contributed by atoms with Crippen LogP contribution in [0.4, 0.5) is 0 Å². The van der Waals surface area contributed by atoms with Crippen molar-refractivity contribution in [1.29, 1.82) is 0 Å². The fraction of sp³-hybridized carbons (Fsp3) is 1.00. The highest BCUT2D eigenvalue weighted by molar-refractivity contribution is 4.70. The maximum atomic E-state index is 9.43. The maximum absolute atomic E-state index is 9.43. The van der Waals surface area contributed by atoms with Crippen molar-refractivity contribution < 1.29 is 10.2 Å². The molecule has 0 aromatic rings. The van der Waals surface area contributed by atoms with Crippen LogP contribution >= 0.6 is 0 Å². The predicted molar refractivity (Wildman–Crippen MR) is 51.1 cm³/mol. The molecule has 1 atom stereocenters. The number of unbranched alkanes of at least 4 members (excludes halogenated alkanes) is 4. The second-order valence-corrected chi connectivity index (χ2v) is 3.82. The lowest BCUT2D eigenvalue weighted by atomic mass is 9.99. The molecule has 12 heavy (non-hydrogen) atoms. The molecule has 0 amide bonds. The van der Waals surface area contributed by atoms with Crippen LogP contribution in [-0.2, 0) is 0 Å². The second-order valence-electron chi connectivity index (χ2n) is 3.82. The van der Waals surface area contributed by atoms with Gasteiger partial charge in [-0.15, -0.1) is 0 Å². The predicted octanol–water partition coefficient (Wildman–Crippen LogP) is 2.09. The molecule has 0 saturated carbocycles. The van der Waals surface area contributed by atoms with Crippen LogP contribution in [-0.4, -0.2) is 22.4 Å². The molecular weight excluding hydrogens is 152 g/mol. The number of rotatable bonds is 7. The first-order chi connectivity index (χ1) is 5.62. The van der Waals surface area contributed by atoms with E-state index in [4.69, 9.17) is 5.11 Å². The molecule has 1 unspecified atom stereocenters. The lowest BCUT2D eigenvalue weighted by molar-refractivity contribution is -0.00694. The Morgan fingerprint density at radius 2 is 1.67 bits per heavy atom. The highest BCUT2D eigenvalue weighted by Gasteiger charge is 2.17. The number of aliphatic hydroxyl groups excluding tert-OH is 1. The Morgan fingerprint density at radius 3 is 2.17 bits per heavy atom. The fourth-order valence-corrected chi connectivity index (χ4v) is 1.19. The molecule has 0 saturated heterocycles. The third kappa shape index (κ3) is 6.62. The summed E-state index contributed by atoms with van der Waals surface area (Å²) in [4.78, 5) is 0. The van der Waals surface area contributed by atoms with Gasteiger partial charge in [0.15, 0.2) is 0 Å². The zero-order chi connectivity index (χ0) is 9.45. The van der Waals surface area contributed by atoms with Crippen molar-refractivity contribution in [3.05, 3.63) is 0 Å². The van der Waals surface area contributed by atoms with Crippen LogP contribution in [0.2, 0.25) is 0 Å². The van der Waals surface area contributed by atoms with E-state index >= 15 is 0 Å². The summed E-state index contributed by atoms with van der Waals surface area (Å²) in [7, 11) is 0. The molecule has 0 rings (SSSR count). The van der Waals surface area contributed by atoms with Gasteiger partial charge in [-0.1, -0.05) is 39.0 Å². The van der Waals surface area contributed by atoms with Crippen molar-refractivity contribution in [2.75, 3.05) is 6.61 Å². The van der Waals surface area contributed by atoms with Crippen molar-refractivity contribution >= 4 is 0 Å². The zero-order valence-electron chi connectivity index (χ0n) is 8.34. The molecule has 2 heteroatoms. The lowest BCUT2D eigenvalue weighted by Crippen LogP contribution is -2.28. The molecule has 2 nitrogen and oxygen atoms in total. The molecule has 0 radical (unpaired) electrons. The van der Waals surface area contributed by atoms with E-state index in [0.29, 0.717) is 6.42 Å². The molecule has 2 N–H and O–H groups in total. The van der Waals surface area contributed by atoms with Gasteiger partial charge in [0, 0.05) is 0 Å². The average molecular weight is 174 g/mol. The highest BCUT2D eigenvalue weighted by Crippen LogP contribution is 2.14. The maximum Gasteiger partial charge on any atom is 0.0849 e. The molecule has 0 fully saturated rings. The average Bonchev–Trinajstić information content (AvgIpc) is 2.04. The van der Waals surface area contributed by atoms with Gasteiger partial charge >= 0.3 is 0 Å². The Morgan fingerprint density at radius 1 is 1.08 bits per heavy atom. The van der Waals surface area contributed by atoms with E-state index < -0.39 is 5.60 Å². The molecule has 0 aliphatic carbocycles. The third-order valence-corrected chi connectivity index (χ3v) is 2.16. The van der Waals surface area contributed by atoms with Crippen molar-refractivity contribution in [2.24, 2.45) is 0 Å². The minimum absolute atomic E-state index is 0.124. The quantitative estimate of drug-likeness (QED) is 0.580. The van der Waals surface area contributed by atoms with Crippen LogP contribution in [0.5, 0.6) is 0 Å². The van der Waals surface area contributed by atoms with Crippen molar-refractivity contribution in [3.8, 4) is 0 Å². The van der Waals surface area contributed by atoms with Gasteiger partial charge < -0.3 is 10.2 Å². The van der Waals surface area contributed by atoms with Crippen molar-refractivity contribution in [2.45, 2.75) is 58.0 Å². The van der Waals surface area contributed by atoms with Crippen LogP contribution in [0.3, 0.4) is 0 Å². The van der Waals surface area contributed by atoms with E-state index in [-0.39, 0.29) is 6.61 Å². The largest absolute Gasteiger partial charge is 0.393 e. The van der Waals surface area contributed by atoms with E-state index in [0.717, 1.165) is 6.42 Å². The smallest absolute Gasteiger partial charge is 0.0849 e. The topological polar surface area (TPSA) is 40.5 Å². The standard InChI is InChI=1S/C10H22O2/c1-3-4-5-6-7-8-10(2,12)9-11/h11-12H,3-9H2,1-2H3. The van der Waals surface area contributed by atoms with Gasteiger partial charge in [0.05, 0.1) is 12.2 Å². The van der Waals surface area contributed by atoms with Crippen LogP contribution < -0.4 is 0 Å². The van der Waals surface area contributed by atoms with E-state index in [2.05, 4.69) is 6.92 Å². The molecule has 0 aromatic heterocycles. The van der Waals surface area contributed by atoms with Crippen molar-refractivity contribution in [1.82, 2.24) is 0 Å². The van der Waals surface area contributed by atoms with Gasteiger partial charge in [-0.25, -0.2) is 0 Å². The normalized spacial score (nSPS) is 16.0. The number of aliphatic hydroxyl groups is 2. The van der Waals surface area contributed by atoms with Gasteiger partial charge in [0.25, 0.3) is 0 Å². The molecule has 0 bridgehead atoms. The summed E-state index contributed by atoms with van der Waals surface area (Å²) in [6, 6.07) is 0. The summed E-state index contributed by atoms with van der Waals surface area (Å²) in [5, 5.41) is 18.2. The molecule has 0 spiro atoms. The van der Waals surface area contributed by atoms with Gasteiger partial charge in [0.1, 0.15) is 0 Å². The van der Waals surface area contributed by atoms with Gasteiger partial charge in [-0.2, -0.15) is 0 Å². The fourth-order valence-electron chi connectivity index (χ4n) is 1.19. The van der Waals surface area contributed by atoms with Crippen LogP contribution in [0.1, 0.15) is 52.4 Å². The molecule has 0 heterocycles. The Labute approximate surface area is 75.6 Å². The minimum atomic E-state index is -0.855. The van der Waals surface area contributed by atoms with Gasteiger partial charge in [-0.3, -0.25) is 0 Å². The Balaban J connectivity index is 3.19. The second kappa shape index (κ2) is 6.44. The first kappa shape index (κ1) is 11.9. The molecule has 0 aliphatic rings. The Hall–Kier alpha value is -0.0800. The van der Waals surface area contributed by atoms with Gasteiger partial charge in [0.2, 0.25) is 0 Å². The highest BCUT2D eigenvalue weighted by atomic mass is 16.3. The first-order valence-corrected chi connectivity index (χ1v) is 4.95. The Bertz CT molecular complexity index is 100. The molecule has 74 valence electrons. The summed E-state index contributed by atoms with van der Waals surface area (Å²) < 4.78 is 0. The monoisotopic (exact) mass is 174 g/mol. The summed E-state index contributed by atoms with van der Waals surface area (Å²) in [6.07, 6.45) is 6.68. The van der Waals surface area contributed by atoms with E-state index in [1.54, 1.807) is 6.92 Å². The van der Waals surface area contributed by atoms with Crippen LogP contribution in [0.15, 0.2) is 0 Å². The van der Waals surface area contributed by atoms with Gasteiger partial charge in [-0.05, 0) is 13.3 Å². The zero-order valence-corrected chi connectivity index (χ0v) is 8.34. The van der Waals surface area contributed by atoms with E-state index in [9.17, 15) is 5.11 Å². The Kier molecular flexibility index (Phi) is 6.39. The summed E-state index contributed by atoms with van der Waals surface area (Å²) in [5.74, 6) is 0.